The molecule has 7 heteroatoms. The minimum Gasteiger partial charge on any atom is -0.326 e. The molecule has 0 spiro atoms. The Kier molecular flexibility index (Phi) is 3.66. The molecule has 1 aliphatic heterocycles. The second kappa shape index (κ2) is 5.61. The summed E-state index contributed by atoms with van der Waals surface area (Å²) in [6, 6.07) is 7.45. The molecule has 0 aliphatic carbocycles. The van der Waals surface area contributed by atoms with Crippen LogP contribution in [0.2, 0.25) is 0 Å². The van der Waals surface area contributed by atoms with Crippen LogP contribution in [0.1, 0.15) is 19.8 Å². The van der Waals surface area contributed by atoms with Crippen molar-refractivity contribution in [2.24, 2.45) is 5.41 Å². The molecule has 2 heterocycles. The third kappa shape index (κ3) is 2.92. The van der Waals surface area contributed by atoms with E-state index in [2.05, 4.69) is 26.2 Å². The maximum atomic E-state index is 12.4. The quantitative estimate of drug-likeness (QED) is 0.879. The molecule has 0 radical (unpaired) electrons. The van der Waals surface area contributed by atoms with Gasteiger partial charge < -0.3 is 10.6 Å². The highest BCUT2D eigenvalue weighted by Gasteiger charge is 2.34. The highest BCUT2D eigenvalue weighted by atomic mass is 16.2. The molecule has 1 atom stereocenters. The summed E-state index contributed by atoms with van der Waals surface area (Å²) in [5.41, 5.74) is 1.29. The first-order valence-electron chi connectivity index (χ1n) is 7.03. The van der Waals surface area contributed by atoms with Crippen molar-refractivity contribution in [2.45, 2.75) is 19.8 Å². The summed E-state index contributed by atoms with van der Waals surface area (Å²) >= 11 is 0. The number of benzene rings is 1. The third-order valence-electron chi connectivity index (χ3n) is 3.88. The van der Waals surface area contributed by atoms with E-state index in [9.17, 15) is 4.79 Å². The minimum absolute atomic E-state index is 0.0601. The maximum absolute atomic E-state index is 12.4. The predicted molar refractivity (Wildman–Crippen MR) is 78.0 cm³/mol. The van der Waals surface area contributed by atoms with E-state index in [0.29, 0.717) is 0 Å². The molecule has 7 nitrogen and oxygen atoms in total. The van der Waals surface area contributed by atoms with Crippen molar-refractivity contribution in [3.8, 4) is 5.69 Å². The van der Waals surface area contributed by atoms with Gasteiger partial charge in [-0.3, -0.25) is 4.79 Å². The van der Waals surface area contributed by atoms with Crippen LogP contribution in [-0.4, -0.2) is 39.2 Å². The summed E-state index contributed by atoms with van der Waals surface area (Å²) in [5, 5.41) is 17.3. The number of piperidine rings is 1. The van der Waals surface area contributed by atoms with Gasteiger partial charge in [0.25, 0.3) is 0 Å². The normalized spacial score (nSPS) is 22.0. The Hall–Kier alpha value is -2.28. The summed E-state index contributed by atoms with van der Waals surface area (Å²) in [5.74, 6) is 0.0601. The molecule has 3 rings (SSSR count). The molecule has 0 bridgehead atoms. The van der Waals surface area contributed by atoms with Gasteiger partial charge in [-0.25, -0.2) is 4.68 Å². The highest BCUT2D eigenvalue weighted by Crippen LogP contribution is 2.27. The van der Waals surface area contributed by atoms with Crippen molar-refractivity contribution in [2.75, 3.05) is 18.4 Å². The third-order valence-corrected chi connectivity index (χ3v) is 3.88. The summed E-state index contributed by atoms with van der Waals surface area (Å²) in [4.78, 5) is 12.4. The van der Waals surface area contributed by atoms with Crippen LogP contribution in [-0.2, 0) is 4.79 Å². The average Bonchev–Trinajstić information content (AvgIpc) is 3.03. The van der Waals surface area contributed by atoms with Crippen LogP contribution in [0.5, 0.6) is 0 Å². The van der Waals surface area contributed by atoms with Crippen molar-refractivity contribution in [1.82, 2.24) is 25.5 Å². The smallest absolute Gasteiger partial charge is 0.231 e. The van der Waals surface area contributed by atoms with E-state index < -0.39 is 0 Å². The molecule has 1 aromatic heterocycles. The van der Waals surface area contributed by atoms with Crippen molar-refractivity contribution in [3.63, 3.8) is 0 Å². The average molecular weight is 286 g/mol. The lowest BCUT2D eigenvalue weighted by Crippen LogP contribution is -2.46. The van der Waals surface area contributed by atoms with Gasteiger partial charge in [-0.05, 0) is 61.0 Å². The van der Waals surface area contributed by atoms with Crippen LogP contribution >= 0.6 is 0 Å². The molecule has 1 unspecified atom stereocenters. The molecule has 21 heavy (non-hydrogen) atoms. The number of hydrogen-bond donors (Lipinski definition) is 2. The van der Waals surface area contributed by atoms with E-state index in [1.807, 2.05) is 31.2 Å². The largest absolute Gasteiger partial charge is 0.326 e. The zero-order chi connectivity index (χ0) is 14.7. The molecule has 0 saturated carbocycles. The number of rotatable bonds is 3. The first-order chi connectivity index (χ1) is 10.2. The van der Waals surface area contributed by atoms with Crippen LogP contribution in [0.4, 0.5) is 5.69 Å². The number of nitrogens with one attached hydrogen (secondary N) is 2. The van der Waals surface area contributed by atoms with Crippen molar-refractivity contribution >= 4 is 11.6 Å². The van der Waals surface area contributed by atoms with Crippen molar-refractivity contribution in [3.05, 3.63) is 30.6 Å². The summed E-state index contributed by atoms with van der Waals surface area (Å²) in [6.07, 6.45) is 3.47. The van der Waals surface area contributed by atoms with E-state index in [1.165, 1.54) is 6.33 Å². The first kappa shape index (κ1) is 13.7. The number of hydrogen-bond acceptors (Lipinski definition) is 5. The molecule has 1 aromatic carbocycles. The van der Waals surface area contributed by atoms with Gasteiger partial charge in [-0.2, -0.15) is 0 Å². The summed E-state index contributed by atoms with van der Waals surface area (Å²) in [6.45, 7) is 3.72. The summed E-state index contributed by atoms with van der Waals surface area (Å²) in [7, 11) is 0. The topological polar surface area (TPSA) is 84.7 Å². The molecule has 1 aliphatic rings. The Bertz CT molecular complexity index is 601. The van der Waals surface area contributed by atoms with Gasteiger partial charge in [-0.15, -0.1) is 5.10 Å². The summed E-state index contributed by atoms with van der Waals surface area (Å²) < 4.78 is 1.57. The first-order valence-corrected chi connectivity index (χ1v) is 7.03. The van der Waals surface area contributed by atoms with E-state index in [1.54, 1.807) is 4.68 Å². The molecule has 1 saturated heterocycles. The number of nitrogens with zero attached hydrogens (tertiary/aromatic N) is 4. The van der Waals surface area contributed by atoms with Gasteiger partial charge in [-0.1, -0.05) is 0 Å². The zero-order valence-electron chi connectivity index (χ0n) is 11.9. The maximum Gasteiger partial charge on any atom is 0.231 e. The van der Waals surface area contributed by atoms with E-state index >= 15 is 0 Å². The molecular weight excluding hydrogens is 268 g/mol. The number of tetrazole rings is 1. The molecule has 2 N–H and O–H groups in total. The van der Waals surface area contributed by atoms with Crippen LogP contribution in [0, 0.1) is 5.41 Å². The SMILES string of the molecule is CC1(C(=O)Nc2ccc(-n3cnnn3)cc2)CCCNC1. The van der Waals surface area contributed by atoms with Gasteiger partial charge in [0, 0.05) is 12.2 Å². The number of anilines is 1. The van der Waals surface area contributed by atoms with Crippen LogP contribution in [0.25, 0.3) is 5.69 Å². The second-order valence-corrected chi connectivity index (χ2v) is 5.60. The van der Waals surface area contributed by atoms with Gasteiger partial charge in [0.05, 0.1) is 11.1 Å². The zero-order valence-corrected chi connectivity index (χ0v) is 11.9. The van der Waals surface area contributed by atoms with Crippen molar-refractivity contribution < 1.29 is 4.79 Å². The Labute approximate surface area is 122 Å². The van der Waals surface area contributed by atoms with Gasteiger partial charge >= 0.3 is 0 Å². The van der Waals surface area contributed by atoms with Crippen LogP contribution in [0.3, 0.4) is 0 Å². The lowest BCUT2D eigenvalue weighted by atomic mass is 9.82. The van der Waals surface area contributed by atoms with E-state index in [0.717, 1.165) is 37.3 Å². The van der Waals surface area contributed by atoms with Gasteiger partial charge in [0.1, 0.15) is 6.33 Å². The van der Waals surface area contributed by atoms with Gasteiger partial charge in [0.15, 0.2) is 0 Å². The monoisotopic (exact) mass is 286 g/mol. The minimum atomic E-state index is -0.341. The van der Waals surface area contributed by atoms with Gasteiger partial charge in [0.2, 0.25) is 5.91 Å². The standard InChI is InChI=1S/C14H18N6O/c1-14(7-2-8-15-9-14)13(21)17-11-3-5-12(6-4-11)20-10-16-18-19-20/h3-6,10,15H,2,7-9H2,1H3,(H,17,21). The Balaban J connectivity index is 1.69. The fourth-order valence-corrected chi connectivity index (χ4v) is 2.51. The number of amides is 1. The predicted octanol–water partition coefficient (Wildman–Crippen LogP) is 0.990. The second-order valence-electron chi connectivity index (χ2n) is 5.60. The van der Waals surface area contributed by atoms with Crippen LogP contribution in [0.15, 0.2) is 30.6 Å². The lowest BCUT2D eigenvalue weighted by molar-refractivity contribution is -0.125. The van der Waals surface area contributed by atoms with E-state index in [-0.39, 0.29) is 11.3 Å². The fraction of sp³-hybridized carbons (Fsp3) is 0.429. The Morgan fingerprint density at radius 2 is 2.19 bits per heavy atom. The number of aromatic nitrogens is 4. The lowest BCUT2D eigenvalue weighted by Gasteiger charge is -2.32. The Morgan fingerprint density at radius 3 is 2.81 bits per heavy atom. The molecule has 2 aromatic rings. The number of carbonyl (C=O) groups is 1. The van der Waals surface area contributed by atoms with Crippen molar-refractivity contribution in [1.29, 1.82) is 0 Å². The molecule has 110 valence electrons. The highest BCUT2D eigenvalue weighted by molar-refractivity contribution is 5.95. The Morgan fingerprint density at radius 1 is 1.38 bits per heavy atom. The van der Waals surface area contributed by atoms with E-state index in [4.69, 9.17) is 0 Å². The number of carbonyl (C=O) groups excluding carboxylic acids is 1. The molecule has 1 fully saturated rings. The fourth-order valence-electron chi connectivity index (χ4n) is 2.51. The molecular formula is C14H18N6O. The van der Waals surface area contributed by atoms with Crippen LogP contribution < -0.4 is 10.6 Å². The molecule has 1 amide bonds.